The molecule has 1 aromatic heterocycles. The fourth-order valence-corrected chi connectivity index (χ4v) is 2.20. The highest BCUT2D eigenvalue weighted by atomic mass is 16.5. The Labute approximate surface area is 119 Å². The summed E-state index contributed by atoms with van der Waals surface area (Å²) in [6.07, 6.45) is 2.55. The molecule has 1 N–H and O–H groups in total. The number of pyridine rings is 1. The van der Waals surface area contributed by atoms with Crippen molar-refractivity contribution in [2.24, 2.45) is 5.92 Å². The van der Waals surface area contributed by atoms with Crippen molar-refractivity contribution in [3.05, 3.63) is 22.9 Å². The van der Waals surface area contributed by atoms with E-state index in [1.165, 1.54) is 12.8 Å². The number of hydrogen-bond acceptors (Lipinski definition) is 4. The molecule has 20 heavy (non-hydrogen) atoms. The number of anilines is 1. The molecule has 0 aliphatic heterocycles. The van der Waals surface area contributed by atoms with E-state index in [0.717, 1.165) is 23.8 Å². The monoisotopic (exact) mass is 278 g/mol. The van der Waals surface area contributed by atoms with Gasteiger partial charge in [0.2, 0.25) is 0 Å². The molecule has 1 fully saturated rings. The molecule has 1 heterocycles. The molecule has 0 radical (unpaired) electrons. The number of carbonyl (C=O) groups is 1. The number of carboxylic acid groups (broad SMARTS) is 1. The van der Waals surface area contributed by atoms with Crippen LogP contribution in [-0.4, -0.2) is 42.9 Å². The molecule has 1 aliphatic carbocycles. The second kappa shape index (κ2) is 6.22. The first kappa shape index (κ1) is 14.8. The van der Waals surface area contributed by atoms with Crippen LogP contribution in [0.15, 0.2) is 6.07 Å². The van der Waals surface area contributed by atoms with E-state index in [-0.39, 0.29) is 5.56 Å². The van der Waals surface area contributed by atoms with Crippen LogP contribution in [0.2, 0.25) is 0 Å². The second-order valence-electron chi connectivity index (χ2n) is 5.52. The number of aryl methyl sites for hydroxylation is 2. The number of likely N-dealkylation sites (N-methyl/N-ethyl adjacent to an activating group) is 1. The molecule has 0 spiro atoms. The zero-order chi connectivity index (χ0) is 14.7. The third kappa shape index (κ3) is 3.70. The lowest BCUT2D eigenvalue weighted by molar-refractivity contribution is 0.0696. The molecule has 1 aromatic rings. The van der Waals surface area contributed by atoms with Crippen LogP contribution in [0.5, 0.6) is 0 Å². The predicted molar refractivity (Wildman–Crippen MR) is 77.5 cm³/mol. The smallest absolute Gasteiger partial charge is 0.339 e. The zero-order valence-corrected chi connectivity index (χ0v) is 12.3. The number of carboxylic acids is 1. The van der Waals surface area contributed by atoms with Crippen molar-refractivity contribution in [1.82, 2.24) is 4.98 Å². The van der Waals surface area contributed by atoms with E-state index in [0.29, 0.717) is 19.0 Å². The van der Waals surface area contributed by atoms with Crippen molar-refractivity contribution in [2.75, 3.05) is 31.7 Å². The molecule has 1 aliphatic rings. The number of nitrogens with zero attached hydrogens (tertiary/aromatic N) is 2. The van der Waals surface area contributed by atoms with Crippen LogP contribution in [0.25, 0.3) is 0 Å². The minimum absolute atomic E-state index is 0.278. The van der Waals surface area contributed by atoms with Gasteiger partial charge in [0.25, 0.3) is 0 Å². The van der Waals surface area contributed by atoms with Gasteiger partial charge in [-0.2, -0.15) is 0 Å². The summed E-state index contributed by atoms with van der Waals surface area (Å²) in [5, 5.41) is 9.34. The van der Waals surface area contributed by atoms with Crippen LogP contribution in [0.1, 0.15) is 34.5 Å². The number of ether oxygens (including phenoxy) is 1. The van der Waals surface area contributed by atoms with Crippen LogP contribution in [-0.2, 0) is 4.74 Å². The lowest BCUT2D eigenvalue weighted by Crippen LogP contribution is -2.26. The molecular weight excluding hydrogens is 256 g/mol. The summed E-state index contributed by atoms with van der Waals surface area (Å²) in [4.78, 5) is 17.6. The molecule has 0 aromatic carbocycles. The molecule has 2 rings (SSSR count). The van der Waals surface area contributed by atoms with E-state index in [4.69, 9.17) is 4.74 Å². The summed E-state index contributed by atoms with van der Waals surface area (Å²) >= 11 is 0. The number of hydrogen-bond donors (Lipinski definition) is 1. The summed E-state index contributed by atoms with van der Waals surface area (Å²) in [6.45, 7) is 5.74. The molecule has 5 heteroatoms. The summed E-state index contributed by atoms with van der Waals surface area (Å²) in [6, 6.07) is 1.80. The Balaban J connectivity index is 2.02. The van der Waals surface area contributed by atoms with Gasteiger partial charge in [0.1, 0.15) is 11.4 Å². The first-order chi connectivity index (χ1) is 9.49. The summed E-state index contributed by atoms with van der Waals surface area (Å²) in [7, 11) is 1.86. The highest BCUT2D eigenvalue weighted by molar-refractivity contribution is 5.95. The summed E-state index contributed by atoms with van der Waals surface area (Å²) in [5.74, 6) is 0.329. The quantitative estimate of drug-likeness (QED) is 0.775. The third-order valence-electron chi connectivity index (χ3n) is 3.52. The minimum atomic E-state index is -0.934. The van der Waals surface area contributed by atoms with Crippen molar-refractivity contribution in [3.8, 4) is 0 Å². The molecule has 1 saturated carbocycles. The van der Waals surface area contributed by atoms with Gasteiger partial charge in [-0.25, -0.2) is 9.78 Å². The van der Waals surface area contributed by atoms with Gasteiger partial charge in [-0.05, 0) is 44.2 Å². The Kier molecular flexibility index (Phi) is 4.60. The first-order valence-electron chi connectivity index (χ1n) is 6.99. The molecular formula is C15H22N2O3. The topological polar surface area (TPSA) is 62.7 Å². The van der Waals surface area contributed by atoms with E-state index < -0.39 is 5.97 Å². The average Bonchev–Trinajstić information content (AvgIpc) is 3.16. The van der Waals surface area contributed by atoms with Crippen LogP contribution in [0.4, 0.5) is 5.82 Å². The average molecular weight is 278 g/mol. The van der Waals surface area contributed by atoms with Gasteiger partial charge in [0.15, 0.2) is 0 Å². The van der Waals surface area contributed by atoms with E-state index in [1.54, 1.807) is 13.0 Å². The predicted octanol–water partition coefficient (Wildman–Crippen LogP) is 2.26. The highest BCUT2D eigenvalue weighted by Gasteiger charge is 2.22. The fourth-order valence-electron chi connectivity index (χ4n) is 2.20. The third-order valence-corrected chi connectivity index (χ3v) is 3.52. The van der Waals surface area contributed by atoms with Crippen molar-refractivity contribution >= 4 is 11.8 Å². The summed E-state index contributed by atoms with van der Waals surface area (Å²) < 4.78 is 5.59. The van der Waals surface area contributed by atoms with Crippen LogP contribution in [0, 0.1) is 19.8 Å². The van der Waals surface area contributed by atoms with Gasteiger partial charge in [-0.15, -0.1) is 0 Å². The molecule has 0 atom stereocenters. The van der Waals surface area contributed by atoms with E-state index in [1.807, 2.05) is 18.9 Å². The van der Waals surface area contributed by atoms with Crippen molar-refractivity contribution in [3.63, 3.8) is 0 Å². The van der Waals surface area contributed by atoms with Crippen LogP contribution in [0.3, 0.4) is 0 Å². The van der Waals surface area contributed by atoms with Gasteiger partial charge in [0, 0.05) is 25.9 Å². The SMILES string of the molecule is Cc1cc(C)c(C(=O)O)c(N(C)CCOCC2CC2)n1. The molecule has 5 nitrogen and oxygen atoms in total. The molecule has 110 valence electrons. The first-order valence-corrected chi connectivity index (χ1v) is 6.99. The standard InChI is InChI=1S/C15H22N2O3/c1-10-8-11(2)16-14(13(10)15(18)19)17(3)6-7-20-9-12-4-5-12/h8,12H,4-7,9H2,1-3H3,(H,18,19). The number of rotatable bonds is 7. The number of aromatic nitrogens is 1. The molecule has 0 saturated heterocycles. The second-order valence-corrected chi connectivity index (χ2v) is 5.52. The Morgan fingerprint density at radius 1 is 1.50 bits per heavy atom. The Morgan fingerprint density at radius 2 is 2.20 bits per heavy atom. The largest absolute Gasteiger partial charge is 0.478 e. The van der Waals surface area contributed by atoms with Gasteiger partial charge < -0.3 is 14.7 Å². The van der Waals surface area contributed by atoms with Crippen molar-refractivity contribution < 1.29 is 14.6 Å². The zero-order valence-electron chi connectivity index (χ0n) is 12.3. The van der Waals surface area contributed by atoms with Gasteiger partial charge in [-0.1, -0.05) is 0 Å². The Bertz CT molecular complexity index is 498. The van der Waals surface area contributed by atoms with Gasteiger partial charge in [0.05, 0.1) is 6.61 Å². The fraction of sp³-hybridized carbons (Fsp3) is 0.600. The molecule has 0 unspecified atom stereocenters. The van der Waals surface area contributed by atoms with Crippen molar-refractivity contribution in [2.45, 2.75) is 26.7 Å². The maximum Gasteiger partial charge on any atom is 0.339 e. The maximum absolute atomic E-state index is 11.4. The summed E-state index contributed by atoms with van der Waals surface area (Å²) in [5.41, 5.74) is 1.85. The van der Waals surface area contributed by atoms with E-state index in [2.05, 4.69) is 4.98 Å². The van der Waals surface area contributed by atoms with Crippen LogP contribution >= 0.6 is 0 Å². The Morgan fingerprint density at radius 3 is 2.80 bits per heavy atom. The van der Waals surface area contributed by atoms with Crippen LogP contribution < -0.4 is 4.90 Å². The lowest BCUT2D eigenvalue weighted by atomic mass is 10.1. The molecule has 0 bridgehead atoms. The van der Waals surface area contributed by atoms with E-state index in [9.17, 15) is 9.90 Å². The maximum atomic E-state index is 11.4. The number of aromatic carboxylic acids is 1. The van der Waals surface area contributed by atoms with Crippen molar-refractivity contribution in [1.29, 1.82) is 0 Å². The Hall–Kier alpha value is -1.62. The molecule has 0 amide bonds. The normalized spacial score (nSPS) is 14.3. The van der Waals surface area contributed by atoms with E-state index >= 15 is 0 Å². The highest BCUT2D eigenvalue weighted by Crippen LogP contribution is 2.28. The van der Waals surface area contributed by atoms with Gasteiger partial charge >= 0.3 is 5.97 Å². The minimum Gasteiger partial charge on any atom is -0.478 e. The lowest BCUT2D eigenvalue weighted by Gasteiger charge is -2.21. The van der Waals surface area contributed by atoms with Gasteiger partial charge in [-0.3, -0.25) is 0 Å².